The van der Waals surface area contributed by atoms with Crippen LogP contribution in [-0.4, -0.2) is 23.3 Å². The molecular formula is C12H12N4O. The molecule has 3 N–H and O–H groups in total. The lowest BCUT2D eigenvalue weighted by Crippen LogP contribution is -2.01. The van der Waals surface area contributed by atoms with Gasteiger partial charge in [0.05, 0.1) is 5.69 Å². The zero-order valence-electron chi connectivity index (χ0n) is 9.34. The Labute approximate surface area is 98.7 Å². The Balaban J connectivity index is 2.51. The van der Waals surface area contributed by atoms with Gasteiger partial charge in [-0.15, -0.1) is 0 Å². The van der Waals surface area contributed by atoms with Gasteiger partial charge in [-0.2, -0.15) is 4.98 Å². The van der Waals surface area contributed by atoms with Crippen LogP contribution in [0.3, 0.4) is 0 Å². The second kappa shape index (κ2) is 4.61. The van der Waals surface area contributed by atoms with Gasteiger partial charge in [0, 0.05) is 24.2 Å². The van der Waals surface area contributed by atoms with Crippen molar-refractivity contribution < 1.29 is 4.79 Å². The summed E-state index contributed by atoms with van der Waals surface area (Å²) >= 11 is 0. The van der Waals surface area contributed by atoms with Crippen LogP contribution in [0.1, 0.15) is 10.4 Å². The summed E-state index contributed by atoms with van der Waals surface area (Å²) in [4.78, 5) is 18.9. The highest BCUT2D eigenvalue weighted by Crippen LogP contribution is 2.21. The molecule has 0 bridgehead atoms. The van der Waals surface area contributed by atoms with E-state index in [0.29, 0.717) is 17.1 Å². The molecule has 17 heavy (non-hydrogen) atoms. The van der Waals surface area contributed by atoms with Gasteiger partial charge in [-0.05, 0) is 6.07 Å². The molecule has 0 aliphatic rings. The van der Waals surface area contributed by atoms with Gasteiger partial charge in [-0.3, -0.25) is 4.79 Å². The lowest BCUT2D eigenvalue weighted by atomic mass is 10.1. The average molecular weight is 228 g/mol. The van der Waals surface area contributed by atoms with Gasteiger partial charge < -0.3 is 11.1 Å². The van der Waals surface area contributed by atoms with E-state index in [1.807, 2.05) is 6.07 Å². The van der Waals surface area contributed by atoms with Crippen LogP contribution in [0.2, 0.25) is 0 Å². The van der Waals surface area contributed by atoms with Gasteiger partial charge >= 0.3 is 0 Å². The first-order valence-electron chi connectivity index (χ1n) is 5.11. The van der Waals surface area contributed by atoms with Gasteiger partial charge in [-0.1, -0.05) is 18.2 Å². The number of nitrogens with one attached hydrogen (secondary N) is 1. The minimum Gasteiger partial charge on any atom is -0.373 e. The Kier molecular flexibility index (Phi) is 3.00. The summed E-state index contributed by atoms with van der Waals surface area (Å²) in [6.45, 7) is 0. The lowest BCUT2D eigenvalue weighted by Gasteiger charge is -2.05. The number of anilines is 2. The molecule has 1 heterocycles. The number of benzene rings is 1. The van der Waals surface area contributed by atoms with Crippen molar-refractivity contribution in [3.63, 3.8) is 0 Å². The summed E-state index contributed by atoms with van der Waals surface area (Å²) in [5.41, 5.74) is 7.73. The number of aromatic nitrogens is 2. The normalized spacial score (nSPS) is 9.94. The predicted octanol–water partition coefficient (Wildman–Crippen LogP) is 1.58. The zero-order valence-corrected chi connectivity index (χ0v) is 9.34. The van der Waals surface area contributed by atoms with Crippen LogP contribution >= 0.6 is 0 Å². The molecule has 0 unspecified atom stereocenters. The fraction of sp³-hybridized carbons (Fsp3) is 0.0833. The highest BCUT2D eigenvalue weighted by Gasteiger charge is 2.04. The van der Waals surface area contributed by atoms with Crippen molar-refractivity contribution in [1.82, 2.24) is 9.97 Å². The number of carbonyl (C=O) groups is 1. The summed E-state index contributed by atoms with van der Waals surface area (Å²) in [6.07, 6.45) is 0.799. The number of rotatable bonds is 3. The molecule has 0 aliphatic heterocycles. The third-order valence-electron chi connectivity index (χ3n) is 2.32. The molecule has 1 aromatic carbocycles. The Bertz CT molecular complexity index is 554. The first kappa shape index (κ1) is 11.1. The number of nitrogens with two attached hydrogens (primary N) is 1. The molecule has 1 aromatic heterocycles. The zero-order chi connectivity index (χ0) is 12.3. The van der Waals surface area contributed by atoms with Crippen LogP contribution in [0.4, 0.5) is 11.8 Å². The highest BCUT2D eigenvalue weighted by atomic mass is 16.1. The number of hydrogen-bond donors (Lipinski definition) is 2. The molecule has 5 heteroatoms. The molecular weight excluding hydrogens is 216 g/mol. The maximum atomic E-state index is 10.7. The minimum atomic E-state index is 0.198. The quantitative estimate of drug-likeness (QED) is 0.779. The molecule has 86 valence electrons. The van der Waals surface area contributed by atoms with E-state index in [1.165, 1.54) is 0 Å². The van der Waals surface area contributed by atoms with Crippen molar-refractivity contribution in [2.24, 2.45) is 0 Å². The first-order chi connectivity index (χ1) is 8.22. The number of carbonyl (C=O) groups excluding carboxylic acids is 1. The van der Waals surface area contributed by atoms with Gasteiger partial charge in [0.15, 0.2) is 0 Å². The fourth-order valence-electron chi connectivity index (χ4n) is 1.51. The van der Waals surface area contributed by atoms with Crippen LogP contribution in [0.25, 0.3) is 11.3 Å². The van der Waals surface area contributed by atoms with Crippen molar-refractivity contribution in [3.8, 4) is 11.3 Å². The van der Waals surface area contributed by atoms with Crippen LogP contribution in [0.15, 0.2) is 30.3 Å². The first-order valence-corrected chi connectivity index (χ1v) is 5.11. The predicted molar refractivity (Wildman–Crippen MR) is 66.8 cm³/mol. The van der Waals surface area contributed by atoms with E-state index in [2.05, 4.69) is 15.3 Å². The van der Waals surface area contributed by atoms with Crippen molar-refractivity contribution >= 4 is 18.1 Å². The van der Waals surface area contributed by atoms with Crippen LogP contribution < -0.4 is 11.1 Å². The monoisotopic (exact) mass is 228 g/mol. The van der Waals surface area contributed by atoms with Crippen molar-refractivity contribution in [3.05, 3.63) is 35.9 Å². The largest absolute Gasteiger partial charge is 0.373 e. The molecule has 0 fully saturated rings. The van der Waals surface area contributed by atoms with Crippen molar-refractivity contribution in [1.29, 1.82) is 0 Å². The second-order valence-corrected chi connectivity index (χ2v) is 3.49. The molecule has 0 amide bonds. The van der Waals surface area contributed by atoms with E-state index in [-0.39, 0.29) is 5.95 Å². The van der Waals surface area contributed by atoms with E-state index in [9.17, 15) is 4.79 Å². The number of aldehydes is 1. The molecule has 0 radical (unpaired) electrons. The Morgan fingerprint density at radius 3 is 2.82 bits per heavy atom. The average Bonchev–Trinajstić information content (AvgIpc) is 2.38. The molecule has 0 spiro atoms. The van der Waals surface area contributed by atoms with Crippen molar-refractivity contribution in [2.75, 3.05) is 18.1 Å². The standard InChI is InChI=1S/C12H12N4O/c1-14-11-6-10(15-12(13)16-11)9-4-2-3-8(5-9)7-17/h2-7H,1H3,(H3,13,14,15,16). The third-order valence-corrected chi connectivity index (χ3v) is 2.32. The fourth-order valence-corrected chi connectivity index (χ4v) is 1.51. The van der Waals surface area contributed by atoms with Crippen LogP contribution in [0, 0.1) is 0 Å². The van der Waals surface area contributed by atoms with E-state index in [0.717, 1.165) is 11.8 Å². The van der Waals surface area contributed by atoms with Gasteiger partial charge in [0.2, 0.25) is 5.95 Å². The summed E-state index contributed by atoms with van der Waals surface area (Å²) in [6, 6.07) is 8.94. The molecule has 0 atom stereocenters. The smallest absolute Gasteiger partial charge is 0.222 e. The number of nitrogen functional groups attached to an aromatic ring is 1. The lowest BCUT2D eigenvalue weighted by molar-refractivity contribution is 0.112. The van der Waals surface area contributed by atoms with Gasteiger partial charge in [0.1, 0.15) is 12.1 Å². The summed E-state index contributed by atoms with van der Waals surface area (Å²) < 4.78 is 0. The molecule has 0 saturated carbocycles. The minimum absolute atomic E-state index is 0.198. The summed E-state index contributed by atoms with van der Waals surface area (Å²) in [5.74, 6) is 0.840. The highest BCUT2D eigenvalue weighted by molar-refractivity contribution is 5.78. The van der Waals surface area contributed by atoms with E-state index in [4.69, 9.17) is 5.73 Å². The second-order valence-electron chi connectivity index (χ2n) is 3.49. The molecule has 5 nitrogen and oxygen atoms in total. The number of hydrogen-bond acceptors (Lipinski definition) is 5. The van der Waals surface area contributed by atoms with Gasteiger partial charge in [0.25, 0.3) is 0 Å². The Hall–Kier alpha value is -2.43. The topological polar surface area (TPSA) is 80.9 Å². The summed E-state index contributed by atoms with van der Waals surface area (Å²) in [5, 5.41) is 2.91. The van der Waals surface area contributed by atoms with E-state index in [1.54, 1.807) is 31.3 Å². The molecule has 0 saturated heterocycles. The van der Waals surface area contributed by atoms with Crippen LogP contribution in [0.5, 0.6) is 0 Å². The summed E-state index contributed by atoms with van der Waals surface area (Å²) in [7, 11) is 1.76. The van der Waals surface area contributed by atoms with E-state index >= 15 is 0 Å². The van der Waals surface area contributed by atoms with Gasteiger partial charge in [-0.25, -0.2) is 4.98 Å². The number of nitrogens with zero attached hydrogens (tertiary/aromatic N) is 2. The maximum absolute atomic E-state index is 10.7. The molecule has 2 rings (SSSR count). The third kappa shape index (κ3) is 2.39. The van der Waals surface area contributed by atoms with Crippen LogP contribution in [-0.2, 0) is 0 Å². The van der Waals surface area contributed by atoms with E-state index < -0.39 is 0 Å². The maximum Gasteiger partial charge on any atom is 0.222 e. The SMILES string of the molecule is CNc1cc(-c2cccc(C=O)c2)nc(N)n1. The van der Waals surface area contributed by atoms with Crippen molar-refractivity contribution in [2.45, 2.75) is 0 Å². The molecule has 0 aliphatic carbocycles. The molecule has 2 aromatic rings. The Morgan fingerprint density at radius 2 is 2.12 bits per heavy atom. The Morgan fingerprint density at radius 1 is 1.29 bits per heavy atom.